The second-order valence-corrected chi connectivity index (χ2v) is 5.09. The predicted octanol–water partition coefficient (Wildman–Crippen LogP) is 0.882. The summed E-state index contributed by atoms with van der Waals surface area (Å²) >= 11 is 0. The Balaban J connectivity index is 2.63. The molecule has 0 aliphatic heterocycles. The number of H-pyrrole nitrogens is 1. The van der Waals surface area contributed by atoms with E-state index in [4.69, 9.17) is 5.73 Å². The second kappa shape index (κ2) is 9.39. The molecule has 23 heavy (non-hydrogen) atoms. The average Bonchev–Trinajstić information content (AvgIpc) is 3.05. The summed E-state index contributed by atoms with van der Waals surface area (Å²) < 4.78 is 0. The van der Waals surface area contributed by atoms with E-state index in [0.717, 1.165) is 25.7 Å². The van der Waals surface area contributed by atoms with Crippen molar-refractivity contribution in [3.63, 3.8) is 0 Å². The van der Waals surface area contributed by atoms with Gasteiger partial charge >= 0.3 is 6.03 Å². The second-order valence-electron chi connectivity index (χ2n) is 5.09. The molecule has 5 N–H and O–H groups in total. The van der Waals surface area contributed by atoms with E-state index in [0.29, 0.717) is 6.54 Å². The van der Waals surface area contributed by atoms with Gasteiger partial charge in [0.15, 0.2) is 5.82 Å². The Morgan fingerprint density at radius 3 is 2.65 bits per heavy atom. The fourth-order valence-electron chi connectivity index (χ4n) is 1.93. The van der Waals surface area contributed by atoms with E-state index in [1.54, 1.807) is 0 Å². The zero-order chi connectivity index (χ0) is 17.2. The quantitative estimate of drug-likeness (QED) is 0.289. The van der Waals surface area contributed by atoms with Crippen LogP contribution in [0.5, 0.6) is 0 Å². The normalized spacial score (nSPS) is 11.5. The first kappa shape index (κ1) is 18.4. The van der Waals surface area contributed by atoms with Gasteiger partial charge in [0.05, 0.1) is 0 Å². The molecule has 0 spiro atoms. The van der Waals surface area contributed by atoms with E-state index in [1.165, 1.54) is 12.4 Å². The lowest BCUT2D eigenvalue weighted by atomic mass is 10.0. The highest BCUT2D eigenvalue weighted by molar-refractivity contribution is 6.08. The molecule has 0 radical (unpaired) electrons. The van der Waals surface area contributed by atoms with Crippen LogP contribution in [-0.2, 0) is 4.79 Å². The lowest BCUT2D eigenvalue weighted by molar-refractivity contribution is -0.114. The molecule has 0 aliphatic carbocycles. The van der Waals surface area contributed by atoms with Gasteiger partial charge in [-0.2, -0.15) is 0 Å². The Kier molecular flexibility index (Phi) is 7.52. The lowest BCUT2D eigenvalue weighted by Crippen LogP contribution is -2.49. The molecular weight excluding hydrogens is 298 g/mol. The molecule has 8 nitrogen and oxygen atoms in total. The number of hydrogen-bond donors (Lipinski definition) is 4. The third kappa shape index (κ3) is 5.93. The van der Waals surface area contributed by atoms with Crippen LogP contribution in [0.4, 0.5) is 4.79 Å². The van der Waals surface area contributed by atoms with Gasteiger partial charge in [0.25, 0.3) is 0 Å². The van der Waals surface area contributed by atoms with Crippen LogP contribution in [0.2, 0.25) is 0 Å². The van der Waals surface area contributed by atoms with Crippen LogP contribution in [0.15, 0.2) is 24.5 Å². The van der Waals surface area contributed by atoms with E-state index in [9.17, 15) is 14.4 Å². The third-order valence-corrected chi connectivity index (χ3v) is 3.25. The number of carbonyl (C=O) groups excluding carboxylic acids is 3. The minimum atomic E-state index is -1.26. The average molecular weight is 321 g/mol. The van der Waals surface area contributed by atoms with Crippen molar-refractivity contribution in [1.29, 1.82) is 0 Å². The number of nitrogens with zero attached hydrogens (tertiary/aromatic N) is 1. The predicted molar refractivity (Wildman–Crippen MR) is 85.7 cm³/mol. The van der Waals surface area contributed by atoms with Crippen LogP contribution in [0.25, 0.3) is 0 Å². The SMILES string of the molecule is C=C(C(N)=O)[C@@H](NC(=O)NCCCCCC)C(=O)c1ncc[nH]1. The van der Waals surface area contributed by atoms with Crippen molar-refractivity contribution in [2.75, 3.05) is 6.54 Å². The molecule has 1 aromatic heterocycles. The first-order valence-electron chi connectivity index (χ1n) is 7.54. The number of carbonyl (C=O) groups is 3. The first-order chi connectivity index (χ1) is 11.0. The number of rotatable bonds is 10. The van der Waals surface area contributed by atoms with Crippen LogP contribution in [0, 0.1) is 0 Å². The first-order valence-corrected chi connectivity index (χ1v) is 7.54. The summed E-state index contributed by atoms with van der Waals surface area (Å²) in [5, 5.41) is 5.06. The van der Waals surface area contributed by atoms with Crippen molar-refractivity contribution in [2.45, 2.75) is 38.6 Å². The molecule has 1 rings (SSSR count). The number of aromatic nitrogens is 2. The van der Waals surface area contributed by atoms with Crippen molar-refractivity contribution in [3.8, 4) is 0 Å². The number of urea groups is 1. The summed E-state index contributed by atoms with van der Waals surface area (Å²) in [6, 6.07) is -1.82. The molecule has 0 fully saturated rings. The zero-order valence-corrected chi connectivity index (χ0v) is 13.2. The van der Waals surface area contributed by atoms with E-state index in [1.807, 2.05) is 0 Å². The van der Waals surface area contributed by atoms with Crippen molar-refractivity contribution in [3.05, 3.63) is 30.4 Å². The van der Waals surface area contributed by atoms with Gasteiger partial charge in [-0.1, -0.05) is 32.8 Å². The Hall–Kier alpha value is -2.64. The largest absolute Gasteiger partial charge is 0.366 e. The Bertz CT molecular complexity index is 553. The van der Waals surface area contributed by atoms with Gasteiger partial charge in [0, 0.05) is 24.5 Å². The number of hydrogen-bond acceptors (Lipinski definition) is 4. The molecule has 0 saturated carbocycles. The smallest absolute Gasteiger partial charge is 0.315 e. The van der Waals surface area contributed by atoms with Gasteiger partial charge in [0.1, 0.15) is 6.04 Å². The molecular formula is C15H23N5O3. The van der Waals surface area contributed by atoms with Crippen molar-refractivity contribution in [2.24, 2.45) is 5.73 Å². The fraction of sp³-hybridized carbons (Fsp3) is 0.467. The summed E-state index contributed by atoms with van der Waals surface area (Å²) in [4.78, 5) is 41.9. The topological polar surface area (TPSA) is 130 Å². The van der Waals surface area contributed by atoms with Gasteiger partial charge in [0.2, 0.25) is 11.7 Å². The van der Waals surface area contributed by atoms with Crippen LogP contribution in [0.3, 0.4) is 0 Å². The summed E-state index contributed by atoms with van der Waals surface area (Å²) in [6.45, 7) is 6.06. The fourth-order valence-corrected chi connectivity index (χ4v) is 1.93. The number of imidazole rings is 1. The highest BCUT2D eigenvalue weighted by Crippen LogP contribution is 2.06. The Labute approximate surface area is 134 Å². The minimum Gasteiger partial charge on any atom is -0.366 e. The van der Waals surface area contributed by atoms with Crippen molar-refractivity contribution in [1.82, 2.24) is 20.6 Å². The molecule has 1 aromatic rings. The lowest BCUT2D eigenvalue weighted by Gasteiger charge is -2.17. The van der Waals surface area contributed by atoms with E-state index in [2.05, 4.69) is 34.1 Å². The van der Waals surface area contributed by atoms with Crippen LogP contribution in [0.1, 0.15) is 43.2 Å². The number of ketones is 1. The van der Waals surface area contributed by atoms with Crippen molar-refractivity contribution < 1.29 is 14.4 Å². The van der Waals surface area contributed by atoms with E-state index < -0.39 is 23.8 Å². The van der Waals surface area contributed by atoms with Crippen LogP contribution in [-0.4, -0.2) is 40.3 Å². The summed E-state index contributed by atoms with van der Waals surface area (Å²) in [7, 11) is 0. The molecule has 0 aliphatic rings. The maximum absolute atomic E-state index is 12.3. The number of nitrogens with one attached hydrogen (secondary N) is 3. The van der Waals surface area contributed by atoms with Crippen LogP contribution < -0.4 is 16.4 Å². The monoisotopic (exact) mass is 321 g/mol. The summed E-state index contributed by atoms with van der Waals surface area (Å²) in [5.41, 5.74) is 4.96. The van der Waals surface area contributed by atoms with E-state index in [-0.39, 0.29) is 11.4 Å². The van der Waals surface area contributed by atoms with Crippen LogP contribution >= 0.6 is 0 Å². The minimum absolute atomic E-state index is 0.0145. The van der Waals surface area contributed by atoms with Gasteiger partial charge in [-0.05, 0) is 6.42 Å². The number of unbranched alkanes of at least 4 members (excludes halogenated alkanes) is 3. The number of amides is 3. The number of nitrogens with two attached hydrogens (primary N) is 1. The van der Waals surface area contributed by atoms with Gasteiger partial charge < -0.3 is 21.4 Å². The number of aromatic amines is 1. The van der Waals surface area contributed by atoms with E-state index >= 15 is 0 Å². The number of primary amides is 1. The standard InChI is InChI=1S/C15H23N5O3/c1-3-4-5-6-7-19-15(23)20-11(10(2)13(16)22)12(21)14-17-8-9-18-14/h8-9,11H,2-7H2,1H3,(H2,16,22)(H,17,18)(H2,19,20,23)/t11-/m1/s1. The molecule has 126 valence electrons. The molecule has 1 atom stereocenters. The highest BCUT2D eigenvalue weighted by Gasteiger charge is 2.29. The highest BCUT2D eigenvalue weighted by atomic mass is 16.2. The summed E-state index contributed by atoms with van der Waals surface area (Å²) in [5.74, 6) is -1.43. The van der Waals surface area contributed by atoms with Gasteiger partial charge in [-0.25, -0.2) is 9.78 Å². The zero-order valence-electron chi connectivity index (χ0n) is 13.2. The maximum atomic E-state index is 12.3. The molecule has 0 saturated heterocycles. The summed E-state index contributed by atoms with van der Waals surface area (Å²) in [6.07, 6.45) is 6.91. The molecule has 1 heterocycles. The molecule has 3 amide bonds. The van der Waals surface area contributed by atoms with Gasteiger partial charge in [-0.3, -0.25) is 9.59 Å². The Morgan fingerprint density at radius 2 is 2.09 bits per heavy atom. The molecule has 8 heteroatoms. The molecule has 0 unspecified atom stereocenters. The maximum Gasteiger partial charge on any atom is 0.315 e. The van der Waals surface area contributed by atoms with Gasteiger partial charge in [-0.15, -0.1) is 0 Å². The van der Waals surface area contributed by atoms with Crippen molar-refractivity contribution >= 4 is 17.7 Å². The molecule has 0 bridgehead atoms. The third-order valence-electron chi connectivity index (χ3n) is 3.25. The Morgan fingerprint density at radius 1 is 1.35 bits per heavy atom. The number of Topliss-reactive ketones (excluding diaryl/α,β-unsaturated/α-hetero) is 1. The molecule has 0 aromatic carbocycles.